The minimum Gasteiger partial charge on any atom is -0.443 e. The fraction of sp³-hybridized carbons (Fsp3) is 0.800. The lowest BCUT2D eigenvalue weighted by atomic mass is 9.94. The summed E-state index contributed by atoms with van der Waals surface area (Å²) < 4.78 is 5.87. The summed E-state index contributed by atoms with van der Waals surface area (Å²) in [7, 11) is 1.86. The van der Waals surface area contributed by atoms with E-state index >= 15 is 0 Å². The van der Waals surface area contributed by atoms with E-state index < -0.39 is 0 Å². The van der Waals surface area contributed by atoms with Crippen LogP contribution < -0.4 is 5.32 Å². The van der Waals surface area contributed by atoms with Crippen LogP contribution >= 0.6 is 24.0 Å². The van der Waals surface area contributed by atoms with Gasteiger partial charge in [0, 0.05) is 32.1 Å². The summed E-state index contributed by atoms with van der Waals surface area (Å²) in [4.78, 5) is 13.9. The summed E-state index contributed by atoms with van der Waals surface area (Å²) in [5, 5.41) is 3.42. The van der Waals surface area contributed by atoms with Gasteiger partial charge in [0.15, 0.2) is 5.96 Å². The number of aromatic nitrogens is 1. The Bertz CT molecular complexity index is 604. The summed E-state index contributed by atoms with van der Waals surface area (Å²) in [6.45, 7) is 13.0. The molecule has 1 unspecified atom stereocenters. The number of piperidine rings is 1. The Labute approximate surface area is 181 Å². The number of nitrogens with one attached hydrogen (secondary N) is 1. The van der Waals surface area contributed by atoms with E-state index in [0.29, 0.717) is 6.54 Å². The fourth-order valence-corrected chi connectivity index (χ4v) is 3.91. The Balaban J connectivity index is 0.00000261. The van der Waals surface area contributed by atoms with Crippen molar-refractivity contribution in [2.24, 2.45) is 10.9 Å². The Kier molecular flexibility index (Phi) is 8.39. The second kappa shape index (κ2) is 10.1. The zero-order valence-electron chi connectivity index (χ0n) is 17.3. The minimum absolute atomic E-state index is 0. The van der Waals surface area contributed by atoms with E-state index in [9.17, 15) is 0 Å². The highest BCUT2D eigenvalue weighted by molar-refractivity contribution is 14.0. The predicted octanol–water partition coefficient (Wildman–Crippen LogP) is 3.47. The number of halogens is 1. The van der Waals surface area contributed by atoms with Crippen LogP contribution in [-0.2, 0) is 12.0 Å². The molecule has 1 aromatic heterocycles. The van der Waals surface area contributed by atoms with Crippen molar-refractivity contribution in [3.05, 3.63) is 17.8 Å². The number of aliphatic imine (C=N–C) groups is 1. The SMILES string of the molecule is CN=C(NCc1ncc(C(C)(C)C)o1)N1CCC(CN2CCCCC2)C1.I. The average Bonchev–Trinajstić information content (AvgIpc) is 3.26. The largest absolute Gasteiger partial charge is 0.443 e. The van der Waals surface area contributed by atoms with E-state index in [1.54, 1.807) is 0 Å². The average molecular weight is 489 g/mol. The van der Waals surface area contributed by atoms with Gasteiger partial charge in [0.25, 0.3) is 0 Å². The first-order valence-corrected chi connectivity index (χ1v) is 10.1. The molecular weight excluding hydrogens is 453 g/mol. The molecule has 1 N–H and O–H groups in total. The molecule has 0 radical (unpaired) electrons. The van der Waals surface area contributed by atoms with Crippen molar-refractivity contribution in [3.8, 4) is 0 Å². The number of hydrogen-bond acceptors (Lipinski definition) is 4. The highest BCUT2D eigenvalue weighted by Gasteiger charge is 2.27. The molecule has 6 nitrogen and oxygen atoms in total. The molecule has 27 heavy (non-hydrogen) atoms. The highest BCUT2D eigenvalue weighted by Crippen LogP contribution is 2.23. The lowest BCUT2D eigenvalue weighted by Crippen LogP contribution is -2.41. The molecule has 2 aliphatic rings. The van der Waals surface area contributed by atoms with Crippen LogP contribution in [0.2, 0.25) is 0 Å². The zero-order chi connectivity index (χ0) is 18.6. The standard InChI is InChI=1S/C20H35N5O.HI/c1-20(2,3)17-12-22-18(26-17)13-23-19(21-4)25-11-8-16(15-25)14-24-9-6-5-7-10-24;/h12,16H,5-11,13-15H2,1-4H3,(H,21,23);1H. The van der Waals surface area contributed by atoms with Gasteiger partial charge in [-0.2, -0.15) is 0 Å². The van der Waals surface area contributed by atoms with Crippen LogP contribution in [-0.4, -0.2) is 60.5 Å². The van der Waals surface area contributed by atoms with Crippen molar-refractivity contribution in [2.45, 2.75) is 58.4 Å². The smallest absolute Gasteiger partial charge is 0.213 e. The normalized spacial score (nSPS) is 22.0. The van der Waals surface area contributed by atoms with Crippen LogP contribution in [0.5, 0.6) is 0 Å². The van der Waals surface area contributed by atoms with Gasteiger partial charge in [-0.25, -0.2) is 4.98 Å². The number of rotatable bonds is 4. The second-order valence-corrected chi connectivity index (χ2v) is 8.73. The van der Waals surface area contributed by atoms with Crippen molar-refractivity contribution in [3.63, 3.8) is 0 Å². The van der Waals surface area contributed by atoms with Crippen LogP contribution in [0.15, 0.2) is 15.6 Å². The van der Waals surface area contributed by atoms with Crippen molar-refractivity contribution in [1.82, 2.24) is 20.1 Å². The van der Waals surface area contributed by atoms with Gasteiger partial charge in [-0.1, -0.05) is 27.2 Å². The predicted molar refractivity (Wildman–Crippen MR) is 121 cm³/mol. The molecule has 3 heterocycles. The molecule has 1 atom stereocenters. The van der Waals surface area contributed by atoms with Gasteiger partial charge in [0.1, 0.15) is 5.76 Å². The van der Waals surface area contributed by atoms with Gasteiger partial charge in [-0.05, 0) is 38.3 Å². The van der Waals surface area contributed by atoms with Crippen LogP contribution in [0.25, 0.3) is 0 Å². The van der Waals surface area contributed by atoms with Crippen LogP contribution in [0.3, 0.4) is 0 Å². The number of oxazole rings is 1. The molecule has 2 fully saturated rings. The number of nitrogens with zero attached hydrogens (tertiary/aromatic N) is 4. The zero-order valence-corrected chi connectivity index (χ0v) is 19.7. The van der Waals surface area contributed by atoms with E-state index in [1.165, 1.54) is 45.3 Å². The Morgan fingerprint density at radius 3 is 2.63 bits per heavy atom. The number of guanidine groups is 1. The monoisotopic (exact) mass is 489 g/mol. The van der Waals surface area contributed by atoms with Crippen molar-refractivity contribution < 1.29 is 4.42 Å². The first kappa shape index (κ1) is 22.5. The summed E-state index contributed by atoms with van der Waals surface area (Å²) in [5.41, 5.74) is -0.0104. The molecule has 1 aromatic rings. The maximum atomic E-state index is 5.87. The van der Waals surface area contributed by atoms with Crippen LogP contribution in [0.1, 0.15) is 58.1 Å². The molecule has 0 spiro atoms. The van der Waals surface area contributed by atoms with Crippen molar-refractivity contribution in [1.29, 1.82) is 0 Å². The highest BCUT2D eigenvalue weighted by atomic mass is 127. The molecule has 154 valence electrons. The molecule has 7 heteroatoms. The van der Waals surface area contributed by atoms with Gasteiger partial charge in [0.05, 0.1) is 12.7 Å². The fourth-order valence-electron chi connectivity index (χ4n) is 3.91. The van der Waals surface area contributed by atoms with E-state index in [4.69, 9.17) is 4.42 Å². The lowest BCUT2D eigenvalue weighted by Gasteiger charge is -2.29. The van der Waals surface area contributed by atoms with E-state index in [0.717, 1.165) is 36.6 Å². The molecule has 2 aliphatic heterocycles. The molecule has 3 rings (SSSR count). The van der Waals surface area contributed by atoms with Gasteiger partial charge in [0.2, 0.25) is 5.89 Å². The Hall–Kier alpha value is -0.830. The lowest BCUT2D eigenvalue weighted by molar-refractivity contribution is 0.198. The third kappa shape index (κ3) is 6.34. The second-order valence-electron chi connectivity index (χ2n) is 8.73. The number of likely N-dealkylation sites (tertiary alicyclic amines) is 2. The van der Waals surface area contributed by atoms with Crippen LogP contribution in [0, 0.1) is 5.92 Å². The van der Waals surface area contributed by atoms with E-state index in [2.05, 4.69) is 45.9 Å². The molecule has 0 aliphatic carbocycles. The molecule has 2 saturated heterocycles. The van der Waals surface area contributed by atoms with Crippen LogP contribution in [0.4, 0.5) is 0 Å². The van der Waals surface area contributed by atoms with Crippen molar-refractivity contribution >= 4 is 29.9 Å². The summed E-state index contributed by atoms with van der Waals surface area (Å²) in [6, 6.07) is 0. The van der Waals surface area contributed by atoms with E-state index in [1.807, 2.05) is 13.2 Å². The topological polar surface area (TPSA) is 56.9 Å². The quantitative estimate of drug-likeness (QED) is 0.399. The minimum atomic E-state index is -0.0104. The Morgan fingerprint density at radius 1 is 1.26 bits per heavy atom. The molecular formula is C20H36IN5O. The first-order chi connectivity index (χ1) is 12.5. The maximum Gasteiger partial charge on any atom is 0.213 e. The van der Waals surface area contributed by atoms with Gasteiger partial charge >= 0.3 is 0 Å². The molecule has 0 amide bonds. The van der Waals surface area contributed by atoms with Gasteiger partial charge in [-0.15, -0.1) is 24.0 Å². The summed E-state index contributed by atoms with van der Waals surface area (Å²) in [5.74, 6) is 3.36. The molecule has 0 aromatic carbocycles. The van der Waals surface area contributed by atoms with Gasteiger partial charge in [-0.3, -0.25) is 4.99 Å². The third-order valence-electron chi connectivity index (χ3n) is 5.45. The molecule has 0 saturated carbocycles. The summed E-state index contributed by atoms with van der Waals surface area (Å²) >= 11 is 0. The summed E-state index contributed by atoms with van der Waals surface area (Å²) in [6.07, 6.45) is 7.23. The number of hydrogen-bond donors (Lipinski definition) is 1. The van der Waals surface area contributed by atoms with Crippen molar-refractivity contribution in [2.75, 3.05) is 39.8 Å². The Morgan fingerprint density at radius 2 is 2.00 bits per heavy atom. The molecule has 0 bridgehead atoms. The van der Waals surface area contributed by atoms with E-state index in [-0.39, 0.29) is 29.4 Å². The van der Waals surface area contributed by atoms with Gasteiger partial charge < -0.3 is 19.5 Å². The first-order valence-electron chi connectivity index (χ1n) is 10.1. The third-order valence-corrected chi connectivity index (χ3v) is 5.45. The maximum absolute atomic E-state index is 5.87.